The number of H-pyrrole nitrogens is 1. The summed E-state index contributed by atoms with van der Waals surface area (Å²) in [6, 6.07) is 5.68. The minimum Gasteiger partial charge on any atom is -0.358 e. The molecule has 0 aliphatic heterocycles. The maximum Gasteiger partial charge on any atom is 0.255 e. The fraction of sp³-hybridized carbons (Fsp3) is 0.200. The lowest BCUT2D eigenvalue weighted by Gasteiger charge is -2.03. The monoisotopic (exact) mass is 268 g/mol. The number of benzene rings is 1. The summed E-state index contributed by atoms with van der Waals surface area (Å²) in [6.45, 7) is 4.09. The Kier molecular flexibility index (Phi) is 2.82. The van der Waals surface area contributed by atoms with Crippen molar-refractivity contribution in [3.63, 3.8) is 0 Å². The number of fused-ring (bicyclic) bond motifs is 1. The zero-order valence-corrected chi connectivity index (χ0v) is 11.7. The normalized spacial score (nSPS) is 10.9. The van der Waals surface area contributed by atoms with Crippen molar-refractivity contribution in [3.05, 3.63) is 47.4 Å². The van der Waals surface area contributed by atoms with Crippen molar-refractivity contribution >= 4 is 22.5 Å². The number of aryl methyl sites for hydroxylation is 3. The van der Waals surface area contributed by atoms with E-state index in [1.54, 1.807) is 17.1 Å². The summed E-state index contributed by atoms with van der Waals surface area (Å²) >= 11 is 0. The highest BCUT2D eigenvalue weighted by Gasteiger charge is 2.10. The van der Waals surface area contributed by atoms with Crippen LogP contribution >= 0.6 is 0 Å². The lowest BCUT2D eigenvalue weighted by molar-refractivity contribution is 0.102. The number of rotatable bonds is 2. The van der Waals surface area contributed by atoms with E-state index in [0.717, 1.165) is 16.6 Å². The molecule has 0 fully saturated rings. The van der Waals surface area contributed by atoms with Crippen LogP contribution in [0.15, 0.2) is 30.6 Å². The third-order valence-corrected chi connectivity index (χ3v) is 3.53. The first-order chi connectivity index (χ1) is 9.54. The zero-order valence-electron chi connectivity index (χ0n) is 11.7. The second kappa shape index (κ2) is 4.52. The van der Waals surface area contributed by atoms with Crippen LogP contribution in [0.4, 0.5) is 5.69 Å². The highest BCUT2D eigenvalue weighted by atomic mass is 16.1. The number of amides is 1. The largest absolute Gasteiger partial charge is 0.358 e. The van der Waals surface area contributed by atoms with Crippen LogP contribution in [0.1, 0.15) is 21.6 Å². The number of nitrogens with one attached hydrogen (secondary N) is 2. The quantitative estimate of drug-likeness (QED) is 0.750. The Balaban J connectivity index is 1.93. The van der Waals surface area contributed by atoms with E-state index in [2.05, 4.69) is 22.3 Å². The van der Waals surface area contributed by atoms with Crippen molar-refractivity contribution < 1.29 is 4.79 Å². The van der Waals surface area contributed by atoms with Crippen LogP contribution < -0.4 is 5.32 Å². The van der Waals surface area contributed by atoms with Crippen molar-refractivity contribution in [2.75, 3.05) is 5.32 Å². The van der Waals surface area contributed by atoms with Gasteiger partial charge in [-0.05, 0) is 37.6 Å². The van der Waals surface area contributed by atoms with Gasteiger partial charge in [-0.15, -0.1) is 0 Å². The second-order valence-electron chi connectivity index (χ2n) is 4.99. The summed E-state index contributed by atoms with van der Waals surface area (Å²) in [5.74, 6) is -0.127. The minimum absolute atomic E-state index is 0.127. The summed E-state index contributed by atoms with van der Waals surface area (Å²) in [5, 5.41) is 7.95. The molecule has 0 radical (unpaired) electrons. The number of hydrogen-bond donors (Lipinski definition) is 2. The lowest BCUT2D eigenvalue weighted by atomic mass is 10.1. The smallest absolute Gasteiger partial charge is 0.255 e. The van der Waals surface area contributed by atoms with Crippen molar-refractivity contribution in [1.82, 2.24) is 14.8 Å². The number of nitrogens with zero attached hydrogens (tertiary/aromatic N) is 2. The molecule has 0 spiro atoms. The number of anilines is 1. The molecule has 0 bridgehead atoms. The molecule has 2 aromatic heterocycles. The average Bonchev–Trinajstić information content (AvgIpc) is 2.94. The molecule has 20 heavy (non-hydrogen) atoms. The molecule has 2 heterocycles. The molecule has 1 amide bonds. The van der Waals surface area contributed by atoms with Crippen LogP contribution in [-0.4, -0.2) is 20.7 Å². The molecule has 1 aromatic carbocycles. The fourth-order valence-electron chi connectivity index (χ4n) is 2.29. The molecule has 3 rings (SSSR count). The lowest BCUT2D eigenvalue weighted by Crippen LogP contribution is -2.11. The van der Waals surface area contributed by atoms with E-state index >= 15 is 0 Å². The van der Waals surface area contributed by atoms with Gasteiger partial charge < -0.3 is 10.3 Å². The minimum atomic E-state index is -0.127. The molecule has 102 valence electrons. The van der Waals surface area contributed by atoms with Crippen LogP contribution in [-0.2, 0) is 7.05 Å². The van der Waals surface area contributed by atoms with Crippen molar-refractivity contribution in [1.29, 1.82) is 0 Å². The molecular formula is C15H16N4O. The first-order valence-corrected chi connectivity index (χ1v) is 6.43. The second-order valence-corrected chi connectivity index (χ2v) is 4.99. The Morgan fingerprint density at radius 3 is 2.85 bits per heavy atom. The zero-order chi connectivity index (χ0) is 14.3. The maximum absolute atomic E-state index is 12.2. The van der Waals surface area contributed by atoms with E-state index in [1.165, 1.54) is 5.56 Å². The predicted molar refractivity (Wildman–Crippen MR) is 78.9 cm³/mol. The Morgan fingerprint density at radius 1 is 1.35 bits per heavy atom. The summed E-state index contributed by atoms with van der Waals surface area (Å²) in [5.41, 5.74) is 4.70. The van der Waals surface area contributed by atoms with Gasteiger partial charge in [-0.1, -0.05) is 0 Å². The number of hydrogen-bond acceptors (Lipinski definition) is 2. The van der Waals surface area contributed by atoms with Gasteiger partial charge in [0.05, 0.1) is 11.9 Å². The van der Waals surface area contributed by atoms with Crippen molar-refractivity contribution in [3.8, 4) is 0 Å². The summed E-state index contributed by atoms with van der Waals surface area (Å²) in [6.07, 6.45) is 3.39. The first kappa shape index (κ1) is 12.5. The number of carbonyl (C=O) groups excluding carboxylic acids is 1. The Bertz CT molecular complexity index is 797. The Hall–Kier alpha value is -2.56. The van der Waals surface area contributed by atoms with E-state index < -0.39 is 0 Å². The fourth-order valence-corrected chi connectivity index (χ4v) is 2.29. The van der Waals surface area contributed by atoms with Crippen LogP contribution in [0, 0.1) is 13.8 Å². The predicted octanol–water partition coefficient (Wildman–Crippen LogP) is 2.77. The number of carbonyl (C=O) groups is 1. The van der Waals surface area contributed by atoms with E-state index in [4.69, 9.17) is 0 Å². The van der Waals surface area contributed by atoms with Gasteiger partial charge in [0.1, 0.15) is 0 Å². The third-order valence-electron chi connectivity index (χ3n) is 3.53. The van der Waals surface area contributed by atoms with E-state index in [0.29, 0.717) is 11.3 Å². The molecule has 0 aliphatic rings. The van der Waals surface area contributed by atoms with E-state index in [9.17, 15) is 4.79 Å². The standard InChI is InChI=1S/C15H16N4O/c1-9-10(2)17-14-5-4-11(6-13(9)14)15(20)18-12-7-16-19(3)8-12/h4-8,17H,1-3H3,(H,18,20). The highest BCUT2D eigenvalue weighted by Crippen LogP contribution is 2.22. The molecule has 2 N–H and O–H groups in total. The Morgan fingerprint density at radius 2 is 2.15 bits per heavy atom. The van der Waals surface area contributed by atoms with Crippen LogP contribution in [0.25, 0.3) is 10.9 Å². The van der Waals surface area contributed by atoms with Gasteiger partial charge in [-0.3, -0.25) is 9.48 Å². The van der Waals surface area contributed by atoms with Crippen molar-refractivity contribution in [2.24, 2.45) is 7.05 Å². The molecule has 0 saturated heterocycles. The van der Waals surface area contributed by atoms with Gasteiger partial charge in [0.15, 0.2) is 0 Å². The molecule has 0 unspecified atom stereocenters. The number of aromatic amines is 1. The first-order valence-electron chi connectivity index (χ1n) is 6.43. The van der Waals surface area contributed by atoms with Crippen LogP contribution in [0.5, 0.6) is 0 Å². The average molecular weight is 268 g/mol. The molecule has 0 saturated carbocycles. The van der Waals surface area contributed by atoms with Gasteiger partial charge in [-0.2, -0.15) is 5.10 Å². The third kappa shape index (κ3) is 2.07. The number of aromatic nitrogens is 3. The van der Waals surface area contributed by atoms with Gasteiger partial charge in [0.2, 0.25) is 0 Å². The molecule has 0 aliphatic carbocycles. The summed E-state index contributed by atoms with van der Waals surface area (Å²) < 4.78 is 1.65. The van der Waals surface area contributed by atoms with Gasteiger partial charge in [-0.25, -0.2) is 0 Å². The molecule has 5 nitrogen and oxygen atoms in total. The molecule has 3 aromatic rings. The SMILES string of the molecule is Cc1[nH]c2ccc(C(=O)Nc3cnn(C)c3)cc2c1C. The van der Waals surface area contributed by atoms with Gasteiger partial charge in [0, 0.05) is 35.4 Å². The Labute approximate surface area is 116 Å². The van der Waals surface area contributed by atoms with Crippen LogP contribution in [0.2, 0.25) is 0 Å². The van der Waals surface area contributed by atoms with Gasteiger partial charge >= 0.3 is 0 Å². The molecule has 0 atom stereocenters. The van der Waals surface area contributed by atoms with E-state index in [1.807, 2.05) is 32.2 Å². The van der Waals surface area contributed by atoms with Gasteiger partial charge in [0.25, 0.3) is 5.91 Å². The molecular weight excluding hydrogens is 252 g/mol. The topological polar surface area (TPSA) is 62.7 Å². The summed E-state index contributed by atoms with van der Waals surface area (Å²) in [7, 11) is 1.81. The highest BCUT2D eigenvalue weighted by molar-refractivity contribution is 6.06. The maximum atomic E-state index is 12.2. The van der Waals surface area contributed by atoms with Crippen LogP contribution in [0.3, 0.4) is 0 Å². The van der Waals surface area contributed by atoms with Crippen molar-refractivity contribution in [2.45, 2.75) is 13.8 Å². The van der Waals surface area contributed by atoms with E-state index in [-0.39, 0.29) is 5.91 Å². The molecule has 5 heteroatoms. The summed E-state index contributed by atoms with van der Waals surface area (Å²) in [4.78, 5) is 15.5.